The lowest BCUT2D eigenvalue weighted by Crippen LogP contribution is -2.21. The van der Waals surface area contributed by atoms with Crippen LogP contribution in [0.15, 0.2) is 28.9 Å². The van der Waals surface area contributed by atoms with E-state index in [0.29, 0.717) is 0 Å². The molecule has 1 aromatic carbocycles. The highest BCUT2D eigenvalue weighted by Crippen LogP contribution is 2.31. The summed E-state index contributed by atoms with van der Waals surface area (Å²) in [6, 6.07) is 6.59. The maximum atomic E-state index is 5.32. The molecule has 1 aliphatic rings. The van der Waals surface area contributed by atoms with E-state index >= 15 is 0 Å². The predicted molar refractivity (Wildman–Crippen MR) is 92.6 cm³/mol. The summed E-state index contributed by atoms with van der Waals surface area (Å²) in [5.41, 5.74) is 5.88. The van der Waals surface area contributed by atoms with Gasteiger partial charge in [0.1, 0.15) is 5.76 Å². The number of hydrogen-bond acceptors (Lipinski definition) is 3. The van der Waals surface area contributed by atoms with Gasteiger partial charge >= 0.3 is 0 Å². The Balaban J connectivity index is 1.66. The third-order valence-electron chi connectivity index (χ3n) is 4.99. The molecule has 1 aliphatic heterocycles. The summed E-state index contributed by atoms with van der Waals surface area (Å²) in [7, 11) is 0. The molecule has 0 spiro atoms. The summed E-state index contributed by atoms with van der Waals surface area (Å²) in [6.45, 7) is 7.65. The molecule has 0 aliphatic carbocycles. The van der Waals surface area contributed by atoms with E-state index < -0.39 is 0 Å². The Kier molecular flexibility index (Phi) is 3.69. The van der Waals surface area contributed by atoms with Gasteiger partial charge in [-0.2, -0.15) is 0 Å². The molecule has 0 radical (unpaired) electrons. The van der Waals surface area contributed by atoms with E-state index in [4.69, 9.17) is 4.52 Å². The first kappa shape index (κ1) is 14.5. The monoisotopic (exact) mass is 309 g/mol. The number of benzene rings is 1. The fourth-order valence-electron chi connectivity index (χ4n) is 3.72. The fourth-order valence-corrected chi connectivity index (χ4v) is 3.72. The van der Waals surface area contributed by atoms with Gasteiger partial charge in [0, 0.05) is 29.2 Å². The van der Waals surface area contributed by atoms with Crippen LogP contribution in [0.25, 0.3) is 22.0 Å². The van der Waals surface area contributed by atoms with Gasteiger partial charge in [-0.05, 0) is 69.5 Å². The minimum atomic E-state index is 0.885. The Morgan fingerprint density at radius 2 is 2.04 bits per heavy atom. The molecular formula is C19H23N3O. The first-order valence-electron chi connectivity index (χ1n) is 8.48. The van der Waals surface area contributed by atoms with Crippen molar-refractivity contribution in [3.05, 3.63) is 41.4 Å². The number of rotatable bonds is 4. The van der Waals surface area contributed by atoms with Crippen molar-refractivity contribution in [2.45, 2.75) is 33.1 Å². The zero-order chi connectivity index (χ0) is 15.8. The number of nitrogens with one attached hydrogen (secondary N) is 1. The molecule has 0 amide bonds. The second kappa shape index (κ2) is 5.85. The summed E-state index contributed by atoms with van der Waals surface area (Å²) in [6.07, 6.45) is 5.97. The Morgan fingerprint density at radius 3 is 2.78 bits per heavy atom. The number of hydrogen-bond donors (Lipinski definition) is 1. The molecule has 4 nitrogen and oxygen atoms in total. The standard InChI is InChI=1S/C19H23N3O/c1-13-19(14(2)23-21-13)15-5-6-18-17(11-15)16(12-20-18)7-10-22-8-3-4-9-22/h5-6,11-12,20H,3-4,7-10H2,1-2H3. The highest BCUT2D eigenvalue weighted by atomic mass is 16.5. The molecule has 0 unspecified atom stereocenters. The molecular weight excluding hydrogens is 286 g/mol. The quantitative estimate of drug-likeness (QED) is 0.790. The van der Waals surface area contributed by atoms with E-state index in [-0.39, 0.29) is 0 Å². The van der Waals surface area contributed by atoms with Crippen molar-refractivity contribution < 1.29 is 4.52 Å². The van der Waals surface area contributed by atoms with Gasteiger partial charge < -0.3 is 14.4 Å². The van der Waals surface area contributed by atoms with Crippen LogP contribution in [0.5, 0.6) is 0 Å². The molecule has 2 aromatic heterocycles. The average Bonchev–Trinajstić information content (AvgIpc) is 3.26. The summed E-state index contributed by atoms with van der Waals surface area (Å²) >= 11 is 0. The van der Waals surface area contributed by atoms with Gasteiger partial charge in [0.15, 0.2) is 0 Å². The van der Waals surface area contributed by atoms with Crippen LogP contribution in [0.3, 0.4) is 0 Å². The second-order valence-electron chi connectivity index (χ2n) is 6.57. The molecule has 3 aromatic rings. The van der Waals surface area contributed by atoms with Crippen LogP contribution in [-0.2, 0) is 6.42 Å². The molecule has 0 bridgehead atoms. The molecule has 23 heavy (non-hydrogen) atoms. The van der Waals surface area contributed by atoms with Gasteiger partial charge in [-0.15, -0.1) is 0 Å². The number of aryl methyl sites for hydroxylation is 2. The van der Waals surface area contributed by atoms with Gasteiger partial charge in [0.05, 0.1) is 5.69 Å². The lowest BCUT2D eigenvalue weighted by Gasteiger charge is -2.13. The first-order valence-corrected chi connectivity index (χ1v) is 8.48. The Bertz CT molecular complexity index is 805. The summed E-state index contributed by atoms with van der Waals surface area (Å²) < 4.78 is 5.32. The van der Waals surface area contributed by atoms with Crippen LogP contribution in [-0.4, -0.2) is 34.7 Å². The molecule has 1 fully saturated rings. The minimum absolute atomic E-state index is 0.885. The Morgan fingerprint density at radius 1 is 1.22 bits per heavy atom. The lowest BCUT2D eigenvalue weighted by atomic mass is 10.0. The van der Waals surface area contributed by atoms with Crippen LogP contribution in [0, 0.1) is 13.8 Å². The van der Waals surface area contributed by atoms with Crippen LogP contribution in [0.1, 0.15) is 29.9 Å². The minimum Gasteiger partial charge on any atom is -0.361 e. The molecule has 0 saturated carbocycles. The second-order valence-corrected chi connectivity index (χ2v) is 6.57. The van der Waals surface area contributed by atoms with E-state index in [1.165, 1.54) is 48.0 Å². The van der Waals surface area contributed by atoms with E-state index in [1.54, 1.807) is 0 Å². The van der Waals surface area contributed by atoms with Crippen molar-refractivity contribution >= 4 is 10.9 Å². The van der Waals surface area contributed by atoms with Crippen LogP contribution >= 0.6 is 0 Å². The molecule has 1 saturated heterocycles. The number of H-pyrrole nitrogens is 1. The van der Waals surface area contributed by atoms with Gasteiger partial charge in [-0.25, -0.2) is 0 Å². The van der Waals surface area contributed by atoms with Gasteiger partial charge in [0.2, 0.25) is 0 Å². The van der Waals surface area contributed by atoms with Crippen molar-refractivity contribution in [2.24, 2.45) is 0 Å². The normalized spacial score (nSPS) is 15.7. The third kappa shape index (κ3) is 2.68. The van der Waals surface area contributed by atoms with Crippen LogP contribution in [0.4, 0.5) is 0 Å². The van der Waals surface area contributed by atoms with Crippen molar-refractivity contribution in [1.82, 2.24) is 15.0 Å². The maximum absolute atomic E-state index is 5.32. The summed E-state index contributed by atoms with van der Waals surface area (Å²) in [5.74, 6) is 0.885. The van der Waals surface area contributed by atoms with E-state index in [2.05, 4.69) is 39.4 Å². The van der Waals surface area contributed by atoms with Gasteiger partial charge in [0.25, 0.3) is 0 Å². The largest absolute Gasteiger partial charge is 0.361 e. The number of aromatic amines is 1. The van der Waals surface area contributed by atoms with E-state index in [1.807, 2.05) is 13.8 Å². The van der Waals surface area contributed by atoms with Crippen LogP contribution < -0.4 is 0 Å². The number of fused-ring (bicyclic) bond motifs is 1. The third-order valence-corrected chi connectivity index (χ3v) is 4.99. The zero-order valence-electron chi connectivity index (χ0n) is 13.9. The first-order chi connectivity index (χ1) is 11.2. The van der Waals surface area contributed by atoms with Gasteiger partial charge in [-0.3, -0.25) is 0 Å². The fraction of sp³-hybridized carbons (Fsp3) is 0.421. The highest BCUT2D eigenvalue weighted by molar-refractivity contribution is 5.88. The lowest BCUT2D eigenvalue weighted by molar-refractivity contribution is 0.344. The molecule has 4 rings (SSSR count). The number of aromatic nitrogens is 2. The summed E-state index contributed by atoms with van der Waals surface area (Å²) in [4.78, 5) is 5.97. The number of nitrogens with zero attached hydrogens (tertiary/aromatic N) is 2. The van der Waals surface area contributed by atoms with E-state index in [9.17, 15) is 0 Å². The van der Waals surface area contributed by atoms with Crippen molar-refractivity contribution in [3.63, 3.8) is 0 Å². The Labute approximate surface area is 136 Å². The zero-order valence-corrected chi connectivity index (χ0v) is 13.9. The smallest absolute Gasteiger partial charge is 0.141 e. The maximum Gasteiger partial charge on any atom is 0.141 e. The molecule has 120 valence electrons. The Hall–Kier alpha value is -2.07. The molecule has 3 heterocycles. The topological polar surface area (TPSA) is 45.1 Å². The van der Waals surface area contributed by atoms with Gasteiger partial charge in [-0.1, -0.05) is 11.2 Å². The highest BCUT2D eigenvalue weighted by Gasteiger charge is 2.15. The van der Waals surface area contributed by atoms with Crippen LogP contribution in [0.2, 0.25) is 0 Å². The summed E-state index contributed by atoms with van der Waals surface area (Å²) in [5, 5.41) is 5.40. The van der Waals surface area contributed by atoms with Crippen molar-refractivity contribution in [3.8, 4) is 11.1 Å². The average molecular weight is 309 g/mol. The molecule has 0 atom stereocenters. The van der Waals surface area contributed by atoms with Crippen molar-refractivity contribution in [2.75, 3.05) is 19.6 Å². The number of likely N-dealkylation sites (tertiary alicyclic amines) is 1. The predicted octanol–water partition coefficient (Wildman–Crippen LogP) is 4.08. The molecule has 1 N–H and O–H groups in total. The molecule has 4 heteroatoms. The SMILES string of the molecule is Cc1noc(C)c1-c1ccc2[nH]cc(CCN3CCCC3)c2c1. The van der Waals surface area contributed by atoms with E-state index in [0.717, 1.165) is 30.0 Å². The van der Waals surface area contributed by atoms with Crippen molar-refractivity contribution in [1.29, 1.82) is 0 Å².